The van der Waals surface area contributed by atoms with Crippen LogP contribution in [0.4, 0.5) is 0 Å². The van der Waals surface area contributed by atoms with Gasteiger partial charge in [-0.2, -0.15) is 0 Å². The second kappa shape index (κ2) is 9.97. The lowest BCUT2D eigenvalue weighted by Gasteiger charge is -2.30. The lowest BCUT2D eigenvalue weighted by Crippen LogP contribution is -2.39. The van der Waals surface area contributed by atoms with Crippen molar-refractivity contribution < 1.29 is 4.79 Å². The van der Waals surface area contributed by atoms with Gasteiger partial charge in [0.2, 0.25) is 5.91 Å². The molecule has 1 fully saturated rings. The number of likely N-dealkylation sites (tertiary alicyclic amines) is 1. The highest BCUT2D eigenvalue weighted by atomic mass is 16.2. The van der Waals surface area contributed by atoms with E-state index in [9.17, 15) is 4.79 Å². The molecule has 2 heterocycles. The zero-order valence-corrected chi connectivity index (χ0v) is 16.0. The van der Waals surface area contributed by atoms with Crippen LogP contribution < -0.4 is 0 Å². The molecule has 142 valence electrons. The number of benzene rings is 1. The third-order valence-corrected chi connectivity index (χ3v) is 5.08. The highest BCUT2D eigenvalue weighted by Crippen LogP contribution is 2.19. The van der Waals surface area contributed by atoms with E-state index in [0.717, 1.165) is 44.5 Å². The van der Waals surface area contributed by atoms with Gasteiger partial charge in [-0.05, 0) is 31.4 Å². The molecule has 5 heteroatoms. The molecule has 3 rings (SSSR count). The first-order valence-corrected chi connectivity index (χ1v) is 9.67. The van der Waals surface area contributed by atoms with E-state index < -0.39 is 0 Å². The number of carbonyl (C=O) groups is 1. The van der Waals surface area contributed by atoms with Gasteiger partial charge in [-0.25, -0.2) is 9.97 Å². The van der Waals surface area contributed by atoms with Gasteiger partial charge >= 0.3 is 0 Å². The van der Waals surface area contributed by atoms with Crippen LogP contribution in [0, 0.1) is 0 Å². The quantitative estimate of drug-likeness (QED) is 0.788. The number of hydrogen-bond donors (Lipinski definition) is 0. The molecule has 1 unspecified atom stereocenters. The highest BCUT2D eigenvalue weighted by molar-refractivity contribution is 5.73. The van der Waals surface area contributed by atoms with Crippen molar-refractivity contribution in [3.05, 3.63) is 66.3 Å². The van der Waals surface area contributed by atoms with Crippen LogP contribution >= 0.6 is 0 Å². The molecule has 1 aliphatic heterocycles. The summed E-state index contributed by atoms with van der Waals surface area (Å²) in [6.45, 7) is 5.30. The molecule has 1 aromatic carbocycles. The predicted molar refractivity (Wildman–Crippen MR) is 108 cm³/mol. The van der Waals surface area contributed by atoms with E-state index >= 15 is 0 Å². The van der Waals surface area contributed by atoms with Crippen molar-refractivity contribution in [1.29, 1.82) is 0 Å². The van der Waals surface area contributed by atoms with Gasteiger partial charge in [0, 0.05) is 50.6 Å². The Bertz CT molecular complexity index is 732. The van der Waals surface area contributed by atoms with Gasteiger partial charge in [0.1, 0.15) is 6.33 Å². The van der Waals surface area contributed by atoms with Crippen molar-refractivity contribution in [2.45, 2.75) is 38.8 Å². The van der Waals surface area contributed by atoms with Crippen molar-refractivity contribution in [1.82, 2.24) is 19.8 Å². The topological polar surface area (TPSA) is 49.3 Å². The molecule has 1 aromatic heterocycles. The Balaban J connectivity index is 1.54. The zero-order chi connectivity index (χ0) is 18.9. The number of nitrogens with zero attached hydrogens (tertiary/aromatic N) is 4. The van der Waals surface area contributed by atoms with Crippen LogP contribution in [0.25, 0.3) is 6.08 Å². The first-order chi connectivity index (χ1) is 13.2. The number of amides is 1. The van der Waals surface area contributed by atoms with Crippen molar-refractivity contribution in [3.8, 4) is 0 Å². The Morgan fingerprint density at radius 1 is 1.19 bits per heavy atom. The van der Waals surface area contributed by atoms with Crippen molar-refractivity contribution in [2.24, 2.45) is 0 Å². The molecule has 0 spiro atoms. The SMILES string of the molecule is CC(=O)N(Cc1cncnc1)C1CCCN(C/C=C/c2ccccc2)CC1. The minimum Gasteiger partial charge on any atom is -0.335 e. The maximum Gasteiger partial charge on any atom is 0.219 e. The van der Waals surface area contributed by atoms with Crippen molar-refractivity contribution >= 4 is 12.0 Å². The van der Waals surface area contributed by atoms with Crippen LogP contribution in [0.2, 0.25) is 0 Å². The maximum absolute atomic E-state index is 12.2. The molecule has 2 aromatic rings. The van der Waals surface area contributed by atoms with Crippen LogP contribution in [-0.2, 0) is 11.3 Å². The largest absolute Gasteiger partial charge is 0.335 e. The first kappa shape index (κ1) is 19.2. The summed E-state index contributed by atoms with van der Waals surface area (Å²) in [7, 11) is 0. The van der Waals surface area contributed by atoms with Crippen LogP contribution in [0.5, 0.6) is 0 Å². The summed E-state index contributed by atoms with van der Waals surface area (Å²) < 4.78 is 0. The van der Waals surface area contributed by atoms with E-state index in [4.69, 9.17) is 0 Å². The normalized spacial score (nSPS) is 18.3. The lowest BCUT2D eigenvalue weighted by atomic mass is 10.1. The standard InChI is InChI=1S/C22H28N4O/c1-19(27)26(17-21-15-23-18-24-16-21)22-10-6-13-25(14-11-22)12-5-9-20-7-3-2-4-8-20/h2-5,7-9,15-16,18,22H,6,10-14,17H2,1H3/b9-5+. The summed E-state index contributed by atoms with van der Waals surface area (Å²) in [6.07, 6.45) is 12.7. The molecule has 0 bridgehead atoms. The van der Waals surface area contributed by atoms with E-state index in [0.29, 0.717) is 6.54 Å². The summed E-state index contributed by atoms with van der Waals surface area (Å²) in [5, 5.41) is 0. The summed E-state index contributed by atoms with van der Waals surface area (Å²) in [5.74, 6) is 0.126. The lowest BCUT2D eigenvalue weighted by molar-refractivity contribution is -0.132. The average molecular weight is 364 g/mol. The molecule has 0 saturated carbocycles. The average Bonchev–Trinajstić information content (AvgIpc) is 2.93. The van der Waals surface area contributed by atoms with Crippen molar-refractivity contribution in [3.63, 3.8) is 0 Å². The molecule has 5 nitrogen and oxygen atoms in total. The van der Waals surface area contributed by atoms with Crippen LogP contribution in [0.3, 0.4) is 0 Å². The second-order valence-corrected chi connectivity index (χ2v) is 7.09. The molecule has 1 atom stereocenters. The van der Waals surface area contributed by atoms with E-state index in [2.05, 4.69) is 51.3 Å². The van der Waals surface area contributed by atoms with Crippen LogP contribution in [0.1, 0.15) is 37.3 Å². The Hall–Kier alpha value is -2.53. The number of carbonyl (C=O) groups excluding carboxylic acids is 1. The fourth-order valence-electron chi connectivity index (χ4n) is 3.64. The third-order valence-electron chi connectivity index (χ3n) is 5.08. The molecule has 1 aliphatic rings. The maximum atomic E-state index is 12.2. The van der Waals surface area contributed by atoms with Gasteiger partial charge in [0.15, 0.2) is 0 Å². The Morgan fingerprint density at radius 2 is 1.96 bits per heavy atom. The Kier molecular flexibility index (Phi) is 7.11. The molecule has 27 heavy (non-hydrogen) atoms. The molecule has 0 aliphatic carbocycles. The van der Waals surface area contributed by atoms with Crippen molar-refractivity contribution in [2.75, 3.05) is 19.6 Å². The molecule has 1 saturated heterocycles. The fourth-order valence-corrected chi connectivity index (χ4v) is 3.64. The van der Waals surface area contributed by atoms with E-state index in [-0.39, 0.29) is 11.9 Å². The van der Waals surface area contributed by atoms with Gasteiger partial charge in [-0.1, -0.05) is 42.5 Å². The van der Waals surface area contributed by atoms with Gasteiger partial charge in [0.25, 0.3) is 0 Å². The van der Waals surface area contributed by atoms with Crippen LogP contribution in [0.15, 0.2) is 55.1 Å². The fraction of sp³-hybridized carbons (Fsp3) is 0.409. The molecular formula is C22H28N4O. The van der Waals surface area contributed by atoms with Crippen LogP contribution in [-0.4, -0.2) is 51.4 Å². The number of rotatable bonds is 6. The molecule has 0 radical (unpaired) electrons. The van der Waals surface area contributed by atoms with E-state index in [1.54, 1.807) is 19.3 Å². The smallest absolute Gasteiger partial charge is 0.219 e. The predicted octanol–water partition coefficient (Wildman–Crippen LogP) is 3.39. The molecule has 0 N–H and O–H groups in total. The van der Waals surface area contributed by atoms with Gasteiger partial charge in [-0.15, -0.1) is 0 Å². The summed E-state index contributed by atoms with van der Waals surface area (Å²) in [4.78, 5) is 24.8. The summed E-state index contributed by atoms with van der Waals surface area (Å²) >= 11 is 0. The zero-order valence-electron chi connectivity index (χ0n) is 16.0. The third kappa shape index (κ3) is 6.00. The Morgan fingerprint density at radius 3 is 2.70 bits per heavy atom. The van der Waals surface area contributed by atoms with Gasteiger partial charge in [0.05, 0.1) is 0 Å². The first-order valence-electron chi connectivity index (χ1n) is 9.67. The number of hydrogen-bond acceptors (Lipinski definition) is 4. The second-order valence-electron chi connectivity index (χ2n) is 7.09. The number of aromatic nitrogens is 2. The Labute approximate surface area is 161 Å². The minimum absolute atomic E-state index is 0.126. The summed E-state index contributed by atoms with van der Waals surface area (Å²) in [5.41, 5.74) is 2.22. The van der Waals surface area contributed by atoms with E-state index in [1.165, 1.54) is 11.9 Å². The highest BCUT2D eigenvalue weighted by Gasteiger charge is 2.24. The monoisotopic (exact) mass is 364 g/mol. The molecule has 1 amide bonds. The van der Waals surface area contributed by atoms with Gasteiger partial charge in [-0.3, -0.25) is 9.69 Å². The van der Waals surface area contributed by atoms with E-state index in [1.807, 2.05) is 11.0 Å². The summed E-state index contributed by atoms with van der Waals surface area (Å²) in [6, 6.07) is 10.7. The minimum atomic E-state index is 0.126. The van der Waals surface area contributed by atoms with Gasteiger partial charge < -0.3 is 4.90 Å². The molecular weight excluding hydrogens is 336 g/mol.